The second-order valence-corrected chi connectivity index (χ2v) is 6.88. The second-order valence-electron chi connectivity index (χ2n) is 6.88. The van der Waals surface area contributed by atoms with Crippen molar-refractivity contribution in [1.82, 2.24) is 10.2 Å². The van der Waals surface area contributed by atoms with Gasteiger partial charge in [-0.05, 0) is 23.8 Å². The van der Waals surface area contributed by atoms with Crippen LogP contribution in [0.15, 0.2) is 54.3 Å². The number of ether oxygens (including phenoxy) is 1. The highest BCUT2D eigenvalue weighted by molar-refractivity contribution is 6.02. The van der Waals surface area contributed by atoms with Gasteiger partial charge in [0.1, 0.15) is 17.5 Å². The van der Waals surface area contributed by atoms with Crippen molar-refractivity contribution in [2.45, 2.75) is 25.9 Å². The smallest absolute Gasteiger partial charge is 0.352 e. The van der Waals surface area contributed by atoms with Gasteiger partial charge in [0, 0.05) is 5.41 Å². The van der Waals surface area contributed by atoms with Crippen molar-refractivity contribution >= 4 is 17.8 Å². The van der Waals surface area contributed by atoms with Gasteiger partial charge in [0.15, 0.2) is 6.61 Å². The van der Waals surface area contributed by atoms with Crippen molar-refractivity contribution in [3.05, 3.63) is 54.3 Å². The molecule has 2 aliphatic rings. The SMILES string of the molecule is C=C1C2[C@H](NC(=O)COc3ccccc3)C(=O)N2C(C(=O)O)=CC1(C)C. The van der Waals surface area contributed by atoms with Gasteiger partial charge in [0.05, 0.1) is 6.04 Å². The quantitative estimate of drug-likeness (QED) is 0.613. The third kappa shape index (κ3) is 2.96. The lowest BCUT2D eigenvalue weighted by molar-refractivity contribution is -0.154. The van der Waals surface area contributed by atoms with E-state index in [1.165, 1.54) is 11.0 Å². The maximum absolute atomic E-state index is 12.4. The zero-order valence-electron chi connectivity index (χ0n) is 14.6. The van der Waals surface area contributed by atoms with Gasteiger partial charge in [-0.25, -0.2) is 4.79 Å². The van der Waals surface area contributed by atoms with Crippen LogP contribution in [0.2, 0.25) is 0 Å². The molecule has 0 bridgehead atoms. The van der Waals surface area contributed by atoms with Crippen LogP contribution >= 0.6 is 0 Å². The van der Waals surface area contributed by atoms with E-state index in [4.69, 9.17) is 4.74 Å². The van der Waals surface area contributed by atoms with Gasteiger partial charge in [0.25, 0.3) is 11.8 Å². The summed E-state index contributed by atoms with van der Waals surface area (Å²) in [5.74, 6) is -1.55. The van der Waals surface area contributed by atoms with Crippen molar-refractivity contribution in [2.24, 2.45) is 5.41 Å². The van der Waals surface area contributed by atoms with E-state index in [0.717, 1.165) is 0 Å². The summed E-state index contributed by atoms with van der Waals surface area (Å²) in [6.45, 7) is 7.44. The molecule has 0 aliphatic carbocycles. The molecule has 1 unspecified atom stereocenters. The lowest BCUT2D eigenvalue weighted by Gasteiger charge is -2.53. The minimum atomic E-state index is -1.18. The summed E-state index contributed by atoms with van der Waals surface area (Å²) < 4.78 is 5.37. The zero-order chi connectivity index (χ0) is 19.1. The molecule has 2 N–H and O–H groups in total. The van der Waals surface area contributed by atoms with Crippen LogP contribution in [0.3, 0.4) is 0 Å². The van der Waals surface area contributed by atoms with E-state index in [9.17, 15) is 19.5 Å². The van der Waals surface area contributed by atoms with Crippen molar-refractivity contribution in [3.63, 3.8) is 0 Å². The molecule has 2 aliphatic heterocycles. The van der Waals surface area contributed by atoms with E-state index in [0.29, 0.717) is 11.3 Å². The topological polar surface area (TPSA) is 95.9 Å². The summed E-state index contributed by atoms with van der Waals surface area (Å²) in [6.07, 6.45) is 1.52. The van der Waals surface area contributed by atoms with Crippen LogP contribution in [0.25, 0.3) is 0 Å². The Labute approximate surface area is 150 Å². The Balaban J connectivity index is 1.70. The van der Waals surface area contributed by atoms with Gasteiger partial charge in [-0.15, -0.1) is 0 Å². The lowest BCUT2D eigenvalue weighted by Crippen LogP contribution is -2.73. The number of para-hydroxylation sites is 1. The number of carbonyl (C=O) groups excluding carboxylic acids is 2. The number of amides is 2. The number of hydrogen-bond donors (Lipinski definition) is 2. The maximum atomic E-state index is 12.4. The first-order chi connectivity index (χ1) is 12.2. The molecule has 0 aromatic heterocycles. The minimum Gasteiger partial charge on any atom is -0.484 e. The number of β-lactam (4-membered cyclic amide) rings is 1. The molecule has 136 valence electrons. The Morgan fingerprint density at radius 3 is 2.58 bits per heavy atom. The summed E-state index contributed by atoms with van der Waals surface area (Å²) in [5.41, 5.74) is -0.00106. The largest absolute Gasteiger partial charge is 0.484 e. The monoisotopic (exact) mass is 356 g/mol. The van der Waals surface area contributed by atoms with Gasteiger partial charge in [-0.1, -0.05) is 38.6 Å². The molecule has 7 nitrogen and oxygen atoms in total. The number of nitrogens with one attached hydrogen (secondary N) is 1. The van der Waals surface area contributed by atoms with Crippen molar-refractivity contribution < 1.29 is 24.2 Å². The first-order valence-electron chi connectivity index (χ1n) is 8.18. The molecule has 2 amide bonds. The predicted octanol–water partition coefficient (Wildman–Crippen LogP) is 1.33. The molecule has 3 rings (SSSR count). The van der Waals surface area contributed by atoms with E-state index in [-0.39, 0.29) is 12.3 Å². The molecule has 7 heteroatoms. The average Bonchev–Trinajstić information content (AvgIpc) is 2.60. The van der Waals surface area contributed by atoms with Crippen LogP contribution in [0.5, 0.6) is 5.75 Å². The fraction of sp³-hybridized carbons (Fsp3) is 0.316. The van der Waals surface area contributed by atoms with E-state index in [1.807, 2.05) is 19.9 Å². The molecule has 0 spiro atoms. The number of benzene rings is 1. The van der Waals surface area contributed by atoms with E-state index < -0.39 is 35.3 Å². The van der Waals surface area contributed by atoms with Gasteiger partial charge < -0.3 is 15.2 Å². The van der Waals surface area contributed by atoms with Gasteiger partial charge in [-0.2, -0.15) is 0 Å². The van der Waals surface area contributed by atoms with Gasteiger partial charge in [0.2, 0.25) is 0 Å². The molecule has 1 aromatic carbocycles. The van der Waals surface area contributed by atoms with E-state index in [2.05, 4.69) is 11.9 Å². The summed E-state index contributed by atoms with van der Waals surface area (Å²) in [6, 6.07) is 7.44. The Hall–Kier alpha value is -3.09. The Kier molecular flexibility index (Phi) is 4.31. The van der Waals surface area contributed by atoms with Crippen molar-refractivity contribution in [1.29, 1.82) is 0 Å². The predicted molar refractivity (Wildman–Crippen MR) is 93.1 cm³/mol. The van der Waals surface area contributed by atoms with Crippen LogP contribution in [0.1, 0.15) is 13.8 Å². The number of carboxylic acids is 1. The van der Waals surface area contributed by atoms with Crippen LogP contribution in [0, 0.1) is 5.41 Å². The molecule has 0 saturated carbocycles. The van der Waals surface area contributed by atoms with Crippen LogP contribution in [0.4, 0.5) is 0 Å². The maximum Gasteiger partial charge on any atom is 0.352 e. The molecule has 1 saturated heterocycles. The van der Waals surface area contributed by atoms with Gasteiger partial charge in [-0.3, -0.25) is 14.5 Å². The zero-order valence-corrected chi connectivity index (χ0v) is 14.6. The third-order valence-electron chi connectivity index (χ3n) is 4.69. The highest BCUT2D eigenvalue weighted by Gasteiger charge is 2.56. The van der Waals surface area contributed by atoms with E-state index in [1.54, 1.807) is 24.3 Å². The first kappa shape index (κ1) is 17.7. The van der Waals surface area contributed by atoms with Crippen LogP contribution < -0.4 is 10.1 Å². The molecule has 1 aromatic rings. The number of carbonyl (C=O) groups is 3. The molecule has 2 heterocycles. The van der Waals surface area contributed by atoms with Crippen molar-refractivity contribution in [3.8, 4) is 5.75 Å². The fourth-order valence-corrected chi connectivity index (χ4v) is 3.19. The third-order valence-corrected chi connectivity index (χ3v) is 4.69. The standard InChI is InChI=1S/C19H20N2O5/c1-11-16-15(20-14(22)10-26-12-7-5-4-6-8-12)17(23)21(16)13(18(24)25)9-19(11,2)3/h4-9,15-16H,1,10H2,2-3H3,(H,20,22)(H,24,25)/t15-,16?/m0/s1. The summed E-state index contributed by atoms with van der Waals surface area (Å²) in [5, 5.41) is 12.0. The summed E-state index contributed by atoms with van der Waals surface area (Å²) in [4.78, 5) is 37.2. The molecule has 26 heavy (non-hydrogen) atoms. The highest BCUT2D eigenvalue weighted by atomic mass is 16.5. The number of hydrogen-bond acceptors (Lipinski definition) is 4. The number of aliphatic carboxylic acids is 1. The number of carboxylic acid groups (broad SMARTS) is 1. The minimum absolute atomic E-state index is 0.0802. The summed E-state index contributed by atoms with van der Waals surface area (Å²) >= 11 is 0. The number of allylic oxidation sites excluding steroid dienone is 1. The molecular weight excluding hydrogens is 336 g/mol. The molecule has 0 radical (unpaired) electrons. The van der Waals surface area contributed by atoms with Crippen molar-refractivity contribution in [2.75, 3.05) is 6.61 Å². The Morgan fingerprint density at radius 1 is 1.31 bits per heavy atom. The molecule has 1 fully saturated rings. The number of nitrogens with zero attached hydrogens (tertiary/aromatic N) is 1. The first-order valence-corrected chi connectivity index (χ1v) is 8.18. The normalized spacial score (nSPS) is 23.5. The Bertz CT molecular complexity index is 812. The Morgan fingerprint density at radius 2 is 1.96 bits per heavy atom. The second kappa shape index (κ2) is 6.33. The van der Waals surface area contributed by atoms with Crippen LogP contribution in [-0.2, 0) is 14.4 Å². The average molecular weight is 356 g/mol. The van der Waals surface area contributed by atoms with E-state index >= 15 is 0 Å². The lowest BCUT2D eigenvalue weighted by atomic mass is 9.70. The summed E-state index contributed by atoms with van der Waals surface area (Å²) in [7, 11) is 0. The molecular formula is C19H20N2O5. The fourth-order valence-electron chi connectivity index (χ4n) is 3.19. The highest BCUT2D eigenvalue weighted by Crippen LogP contribution is 2.44. The number of rotatable bonds is 5. The van der Waals surface area contributed by atoms with Gasteiger partial charge >= 0.3 is 5.97 Å². The molecule has 2 atom stereocenters. The van der Waals surface area contributed by atoms with Crippen LogP contribution in [-0.4, -0.2) is 46.5 Å². The number of fused-ring (bicyclic) bond motifs is 1.